The maximum atomic E-state index is 12.2. The summed E-state index contributed by atoms with van der Waals surface area (Å²) in [6, 6.07) is 12.3. The summed E-state index contributed by atoms with van der Waals surface area (Å²) in [4.78, 5) is 23.6. The van der Waals surface area contributed by atoms with Gasteiger partial charge in [0.05, 0.1) is 0 Å². The molecule has 0 unspecified atom stereocenters. The number of hydrogen-bond donors (Lipinski definition) is 2. The van der Waals surface area contributed by atoms with E-state index < -0.39 is 0 Å². The van der Waals surface area contributed by atoms with Crippen LogP contribution in [0.1, 0.15) is 26.3 Å². The summed E-state index contributed by atoms with van der Waals surface area (Å²) >= 11 is 3.38. The van der Waals surface area contributed by atoms with Crippen molar-refractivity contribution in [3.8, 4) is 0 Å². The van der Waals surface area contributed by atoms with Crippen LogP contribution in [0.15, 0.2) is 46.9 Å². The smallest absolute Gasteiger partial charge is 0.255 e. The Morgan fingerprint density at radius 1 is 0.952 bits per heavy atom. The van der Waals surface area contributed by atoms with Gasteiger partial charge in [-0.1, -0.05) is 15.9 Å². The minimum atomic E-state index is -0.188. The van der Waals surface area contributed by atoms with Crippen LogP contribution in [0.2, 0.25) is 0 Å². The molecule has 0 atom stereocenters. The van der Waals surface area contributed by atoms with Crippen molar-refractivity contribution >= 4 is 33.4 Å². The summed E-state index contributed by atoms with van der Waals surface area (Å²) in [5.41, 5.74) is 2.78. The Morgan fingerprint density at radius 2 is 1.62 bits per heavy atom. The van der Waals surface area contributed by atoms with Crippen LogP contribution < -0.4 is 10.6 Å². The minimum Gasteiger partial charge on any atom is -0.355 e. The highest BCUT2D eigenvalue weighted by molar-refractivity contribution is 9.10. The fourth-order valence-corrected chi connectivity index (χ4v) is 2.53. The van der Waals surface area contributed by atoms with Crippen molar-refractivity contribution in [1.82, 2.24) is 5.32 Å². The normalized spacial score (nSPS) is 10.0. The fourth-order valence-electron chi connectivity index (χ4n) is 1.92. The lowest BCUT2D eigenvalue weighted by atomic mass is 10.1. The number of nitrogens with one attached hydrogen (secondary N) is 2. The summed E-state index contributed by atoms with van der Waals surface area (Å²) in [6.07, 6.45) is 0. The van der Waals surface area contributed by atoms with Crippen molar-refractivity contribution in [2.45, 2.75) is 6.92 Å². The predicted molar refractivity (Wildman–Crippen MR) is 86.7 cm³/mol. The van der Waals surface area contributed by atoms with Gasteiger partial charge in [0, 0.05) is 28.3 Å². The predicted octanol–water partition coefficient (Wildman–Crippen LogP) is 3.37. The largest absolute Gasteiger partial charge is 0.355 e. The number of rotatable bonds is 3. The first-order valence-corrected chi connectivity index (χ1v) is 7.19. The number of aryl methyl sites for hydroxylation is 1. The topological polar surface area (TPSA) is 58.2 Å². The third-order valence-corrected chi connectivity index (χ3v) is 3.39. The Balaban J connectivity index is 2.14. The van der Waals surface area contributed by atoms with Crippen LogP contribution in [0.3, 0.4) is 0 Å². The summed E-state index contributed by atoms with van der Waals surface area (Å²) in [7, 11) is 1.58. The molecular formula is C16H15BrN2O2. The highest BCUT2D eigenvalue weighted by Gasteiger charge is 2.08. The van der Waals surface area contributed by atoms with Gasteiger partial charge in [0.15, 0.2) is 0 Å². The lowest BCUT2D eigenvalue weighted by molar-refractivity contribution is 0.0962. The maximum absolute atomic E-state index is 12.2. The molecule has 2 amide bonds. The number of carbonyl (C=O) groups is 2. The SMILES string of the molecule is CNC(=O)c1ccc(NC(=O)c2cc(C)cc(Br)c2)cc1. The molecule has 0 aliphatic carbocycles. The Morgan fingerprint density at radius 3 is 2.19 bits per heavy atom. The monoisotopic (exact) mass is 346 g/mol. The molecule has 0 aliphatic heterocycles. The molecule has 0 bridgehead atoms. The number of carbonyl (C=O) groups excluding carboxylic acids is 2. The number of benzene rings is 2. The van der Waals surface area contributed by atoms with Crippen LogP contribution in [-0.2, 0) is 0 Å². The van der Waals surface area contributed by atoms with E-state index >= 15 is 0 Å². The van der Waals surface area contributed by atoms with E-state index in [1.54, 1.807) is 37.4 Å². The molecule has 0 saturated carbocycles. The quantitative estimate of drug-likeness (QED) is 0.894. The van der Waals surface area contributed by atoms with E-state index in [0.29, 0.717) is 16.8 Å². The van der Waals surface area contributed by atoms with E-state index in [-0.39, 0.29) is 11.8 Å². The summed E-state index contributed by atoms with van der Waals surface area (Å²) < 4.78 is 0.864. The van der Waals surface area contributed by atoms with E-state index in [1.165, 1.54) is 0 Å². The number of hydrogen-bond acceptors (Lipinski definition) is 2. The minimum absolute atomic E-state index is 0.157. The van der Waals surface area contributed by atoms with Crippen LogP contribution in [0.5, 0.6) is 0 Å². The lowest BCUT2D eigenvalue weighted by Crippen LogP contribution is -2.17. The Hall–Kier alpha value is -2.14. The molecule has 0 fully saturated rings. The molecule has 2 aromatic rings. The first-order chi connectivity index (χ1) is 9.99. The molecule has 4 nitrogen and oxygen atoms in total. The number of amides is 2. The van der Waals surface area contributed by atoms with E-state index in [1.807, 2.05) is 19.1 Å². The molecule has 0 heterocycles. The van der Waals surface area contributed by atoms with Crippen molar-refractivity contribution in [3.05, 3.63) is 63.6 Å². The third kappa shape index (κ3) is 3.92. The van der Waals surface area contributed by atoms with Gasteiger partial charge < -0.3 is 10.6 Å². The molecule has 0 aromatic heterocycles. The van der Waals surface area contributed by atoms with Crippen LogP contribution in [0.4, 0.5) is 5.69 Å². The molecule has 21 heavy (non-hydrogen) atoms. The highest BCUT2D eigenvalue weighted by atomic mass is 79.9. The fraction of sp³-hybridized carbons (Fsp3) is 0.125. The second-order valence-electron chi connectivity index (χ2n) is 4.63. The van der Waals surface area contributed by atoms with E-state index in [0.717, 1.165) is 10.0 Å². The average Bonchev–Trinajstić information content (AvgIpc) is 2.46. The summed E-state index contributed by atoms with van der Waals surface area (Å²) in [5, 5.41) is 5.35. The Kier molecular flexibility index (Phi) is 4.75. The zero-order chi connectivity index (χ0) is 15.4. The van der Waals surface area contributed by atoms with Gasteiger partial charge in [-0.25, -0.2) is 0 Å². The molecule has 2 N–H and O–H groups in total. The molecule has 0 aliphatic rings. The zero-order valence-corrected chi connectivity index (χ0v) is 13.3. The van der Waals surface area contributed by atoms with Crippen molar-refractivity contribution in [3.63, 3.8) is 0 Å². The summed E-state index contributed by atoms with van der Waals surface area (Å²) in [5.74, 6) is -0.345. The Labute approximate surface area is 131 Å². The van der Waals surface area contributed by atoms with Crippen molar-refractivity contribution in [2.75, 3.05) is 12.4 Å². The lowest BCUT2D eigenvalue weighted by Gasteiger charge is -2.07. The van der Waals surface area contributed by atoms with Gasteiger partial charge in [0.25, 0.3) is 11.8 Å². The molecule has 2 rings (SSSR count). The highest BCUT2D eigenvalue weighted by Crippen LogP contribution is 2.17. The molecular weight excluding hydrogens is 332 g/mol. The molecule has 0 saturated heterocycles. The van der Waals surface area contributed by atoms with Crippen LogP contribution in [-0.4, -0.2) is 18.9 Å². The molecule has 5 heteroatoms. The van der Waals surface area contributed by atoms with E-state index in [9.17, 15) is 9.59 Å². The van der Waals surface area contributed by atoms with Gasteiger partial charge in [-0.2, -0.15) is 0 Å². The molecule has 2 aromatic carbocycles. The first-order valence-electron chi connectivity index (χ1n) is 6.40. The van der Waals surface area contributed by atoms with Crippen LogP contribution in [0.25, 0.3) is 0 Å². The molecule has 0 spiro atoms. The summed E-state index contributed by atoms with van der Waals surface area (Å²) in [6.45, 7) is 1.93. The second-order valence-corrected chi connectivity index (χ2v) is 5.54. The van der Waals surface area contributed by atoms with Crippen molar-refractivity contribution < 1.29 is 9.59 Å². The molecule has 108 valence electrons. The van der Waals surface area contributed by atoms with Crippen molar-refractivity contribution in [2.24, 2.45) is 0 Å². The van der Waals surface area contributed by atoms with Crippen LogP contribution >= 0.6 is 15.9 Å². The van der Waals surface area contributed by atoms with Crippen molar-refractivity contribution in [1.29, 1.82) is 0 Å². The first kappa shape index (κ1) is 15.3. The van der Waals surface area contributed by atoms with Gasteiger partial charge in [0.1, 0.15) is 0 Å². The van der Waals surface area contributed by atoms with Gasteiger partial charge in [0.2, 0.25) is 0 Å². The Bertz CT molecular complexity index is 661. The van der Waals surface area contributed by atoms with Gasteiger partial charge in [-0.15, -0.1) is 0 Å². The van der Waals surface area contributed by atoms with E-state index in [2.05, 4.69) is 26.6 Å². The van der Waals surface area contributed by atoms with E-state index in [4.69, 9.17) is 0 Å². The van der Waals surface area contributed by atoms with Gasteiger partial charge in [-0.3, -0.25) is 9.59 Å². The van der Waals surface area contributed by atoms with Gasteiger partial charge >= 0.3 is 0 Å². The average molecular weight is 347 g/mol. The molecule has 0 radical (unpaired) electrons. The standard InChI is InChI=1S/C16H15BrN2O2/c1-10-7-12(9-13(17)8-10)16(21)19-14-5-3-11(4-6-14)15(20)18-2/h3-9H,1-2H3,(H,18,20)(H,19,21). The second kappa shape index (κ2) is 6.54. The number of halogens is 1. The zero-order valence-electron chi connectivity index (χ0n) is 11.7. The van der Waals surface area contributed by atoms with Crippen LogP contribution in [0, 0.1) is 6.92 Å². The maximum Gasteiger partial charge on any atom is 0.255 e. The van der Waals surface area contributed by atoms with Gasteiger partial charge in [-0.05, 0) is 55.0 Å². The number of anilines is 1. The third-order valence-electron chi connectivity index (χ3n) is 2.94.